The molecule has 1 atom stereocenters. The van der Waals surface area contributed by atoms with E-state index in [1.165, 1.54) is 0 Å². The monoisotopic (exact) mass is 250 g/mol. The van der Waals surface area contributed by atoms with Crippen LogP contribution in [0.15, 0.2) is 0 Å². The Morgan fingerprint density at radius 3 is 2.47 bits per heavy atom. The molecule has 0 aromatic heterocycles. The van der Waals surface area contributed by atoms with Gasteiger partial charge in [-0.15, -0.1) is 0 Å². The number of nitrogens with one attached hydrogen (secondary N) is 1. The van der Waals surface area contributed by atoms with Gasteiger partial charge in [0.1, 0.15) is 5.25 Å². The van der Waals surface area contributed by atoms with E-state index in [0.29, 0.717) is 6.42 Å². The zero-order valence-electron chi connectivity index (χ0n) is 8.90. The van der Waals surface area contributed by atoms with E-state index in [1.54, 1.807) is 6.92 Å². The average Bonchev–Trinajstić information content (AvgIpc) is 2.55. The van der Waals surface area contributed by atoms with Crippen molar-refractivity contribution >= 4 is 27.2 Å². The number of hydrogen-bond donors (Lipinski definition) is 2. The predicted molar refractivity (Wildman–Crippen MR) is 65.2 cm³/mol. The highest BCUT2D eigenvalue weighted by atomic mass is 32.2. The second-order valence-electron chi connectivity index (χ2n) is 3.94. The van der Waals surface area contributed by atoms with Crippen LogP contribution in [-0.2, 0) is 10.0 Å². The van der Waals surface area contributed by atoms with E-state index in [0.717, 1.165) is 25.7 Å². The van der Waals surface area contributed by atoms with Crippen molar-refractivity contribution in [3.63, 3.8) is 0 Å². The second kappa shape index (κ2) is 5.23. The maximum atomic E-state index is 11.9. The highest BCUT2D eigenvalue weighted by Gasteiger charge is 2.29. The molecule has 1 fully saturated rings. The van der Waals surface area contributed by atoms with Crippen molar-refractivity contribution in [2.24, 2.45) is 5.73 Å². The molecule has 1 rings (SSSR count). The lowest BCUT2D eigenvalue weighted by Crippen LogP contribution is -2.44. The molecule has 0 spiro atoms. The molecule has 6 heteroatoms. The number of rotatable bonds is 5. The lowest BCUT2D eigenvalue weighted by molar-refractivity contribution is 0.546. The van der Waals surface area contributed by atoms with Crippen molar-refractivity contribution in [1.82, 2.24) is 4.72 Å². The first-order valence-corrected chi connectivity index (χ1v) is 7.23. The van der Waals surface area contributed by atoms with Gasteiger partial charge in [0.05, 0.1) is 4.99 Å². The van der Waals surface area contributed by atoms with Crippen molar-refractivity contribution in [3.05, 3.63) is 0 Å². The average molecular weight is 250 g/mol. The molecule has 4 nitrogen and oxygen atoms in total. The van der Waals surface area contributed by atoms with Gasteiger partial charge >= 0.3 is 0 Å². The summed E-state index contributed by atoms with van der Waals surface area (Å²) in [4.78, 5) is 0.0583. The fourth-order valence-corrected chi connectivity index (χ4v) is 4.09. The zero-order valence-corrected chi connectivity index (χ0v) is 10.5. The first-order valence-electron chi connectivity index (χ1n) is 5.28. The smallest absolute Gasteiger partial charge is 0.221 e. The number of sulfonamides is 1. The fourth-order valence-electron chi connectivity index (χ4n) is 1.93. The van der Waals surface area contributed by atoms with Crippen LogP contribution in [0.2, 0.25) is 0 Å². The summed E-state index contributed by atoms with van der Waals surface area (Å²) in [6.45, 7) is 1.78. The number of thiocarbonyl (C=S) groups is 1. The summed E-state index contributed by atoms with van der Waals surface area (Å²) in [5.74, 6) is 0. The van der Waals surface area contributed by atoms with Gasteiger partial charge in [-0.05, 0) is 19.3 Å². The molecule has 0 radical (unpaired) electrons. The molecule has 1 aliphatic carbocycles. The maximum Gasteiger partial charge on any atom is 0.221 e. The third-order valence-corrected chi connectivity index (χ3v) is 5.18. The van der Waals surface area contributed by atoms with Crippen LogP contribution in [-0.4, -0.2) is 24.7 Å². The summed E-state index contributed by atoms with van der Waals surface area (Å²) in [5.41, 5.74) is 5.42. The predicted octanol–water partition coefficient (Wildman–Crippen LogP) is 0.913. The van der Waals surface area contributed by atoms with Crippen LogP contribution in [0.4, 0.5) is 0 Å². The minimum atomic E-state index is -3.37. The van der Waals surface area contributed by atoms with Crippen LogP contribution in [0.25, 0.3) is 0 Å². The Balaban J connectivity index is 2.67. The number of hydrogen-bond acceptors (Lipinski definition) is 3. The van der Waals surface area contributed by atoms with Gasteiger partial charge in [-0.25, -0.2) is 13.1 Å². The molecular formula is C9H18N2O2S2. The molecule has 0 bridgehead atoms. The van der Waals surface area contributed by atoms with Gasteiger partial charge in [-0.1, -0.05) is 32.0 Å². The van der Waals surface area contributed by atoms with E-state index in [4.69, 9.17) is 18.0 Å². The SMILES string of the molecule is CCC(C(N)=S)S(=O)(=O)NC1CCCC1. The quantitative estimate of drug-likeness (QED) is 0.712. The molecule has 0 aromatic rings. The van der Waals surface area contributed by atoms with Crippen molar-refractivity contribution in [1.29, 1.82) is 0 Å². The third-order valence-electron chi connectivity index (χ3n) is 2.75. The Morgan fingerprint density at radius 1 is 1.53 bits per heavy atom. The van der Waals surface area contributed by atoms with Gasteiger partial charge in [0, 0.05) is 6.04 Å². The van der Waals surface area contributed by atoms with Crippen LogP contribution in [0.3, 0.4) is 0 Å². The molecule has 0 amide bonds. The molecule has 1 unspecified atom stereocenters. The lowest BCUT2D eigenvalue weighted by atomic mass is 10.3. The van der Waals surface area contributed by atoms with Crippen LogP contribution < -0.4 is 10.5 Å². The summed E-state index contributed by atoms with van der Waals surface area (Å²) >= 11 is 4.76. The highest BCUT2D eigenvalue weighted by molar-refractivity contribution is 7.93. The first kappa shape index (κ1) is 12.9. The van der Waals surface area contributed by atoms with Gasteiger partial charge < -0.3 is 5.73 Å². The molecule has 0 aliphatic heterocycles. The minimum Gasteiger partial charge on any atom is -0.392 e. The molecule has 88 valence electrons. The third kappa shape index (κ3) is 3.39. The van der Waals surface area contributed by atoms with Crippen LogP contribution in [0, 0.1) is 0 Å². The van der Waals surface area contributed by atoms with Gasteiger partial charge in [-0.3, -0.25) is 0 Å². The van der Waals surface area contributed by atoms with Gasteiger partial charge in [0.25, 0.3) is 0 Å². The summed E-state index contributed by atoms with van der Waals surface area (Å²) in [5, 5.41) is -0.729. The molecule has 1 saturated carbocycles. The standard InChI is InChI=1S/C9H18N2O2S2/c1-2-8(9(10)14)15(12,13)11-7-5-3-4-6-7/h7-8,11H,2-6H2,1H3,(H2,10,14). The van der Waals surface area contributed by atoms with Crippen LogP contribution >= 0.6 is 12.2 Å². The Hall–Kier alpha value is -0.200. The van der Waals surface area contributed by atoms with Crippen LogP contribution in [0.5, 0.6) is 0 Å². The van der Waals surface area contributed by atoms with Crippen molar-refractivity contribution < 1.29 is 8.42 Å². The molecule has 15 heavy (non-hydrogen) atoms. The van der Waals surface area contributed by atoms with Gasteiger partial charge in [0.2, 0.25) is 10.0 Å². The Morgan fingerprint density at radius 2 is 2.07 bits per heavy atom. The van der Waals surface area contributed by atoms with Crippen molar-refractivity contribution in [2.45, 2.75) is 50.3 Å². The minimum absolute atomic E-state index is 0.0583. The molecular weight excluding hydrogens is 232 g/mol. The Kier molecular flexibility index (Phi) is 4.48. The largest absolute Gasteiger partial charge is 0.392 e. The Bertz CT molecular complexity index is 321. The second-order valence-corrected chi connectivity index (χ2v) is 6.31. The Labute approximate surface area is 96.7 Å². The van der Waals surface area contributed by atoms with E-state index in [2.05, 4.69) is 4.72 Å². The normalized spacial score (nSPS) is 20.3. The molecule has 0 saturated heterocycles. The fraction of sp³-hybridized carbons (Fsp3) is 0.889. The van der Waals surface area contributed by atoms with E-state index in [-0.39, 0.29) is 11.0 Å². The first-order chi connectivity index (χ1) is 6.97. The van der Waals surface area contributed by atoms with Crippen molar-refractivity contribution in [3.8, 4) is 0 Å². The highest BCUT2D eigenvalue weighted by Crippen LogP contribution is 2.19. The summed E-state index contributed by atoms with van der Waals surface area (Å²) in [6, 6.07) is 0.0819. The molecule has 1 aliphatic rings. The molecule has 0 aromatic carbocycles. The molecule has 3 N–H and O–H groups in total. The molecule has 0 heterocycles. The van der Waals surface area contributed by atoms with E-state index >= 15 is 0 Å². The van der Waals surface area contributed by atoms with E-state index in [1.807, 2.05) is 0 Å². The van der Waals surface area contributed by atoms with Crippen molar-refractivity contribution in [2.75, 3.05) is 0 Å². The van der Waals surface area contributed by atoms with Gasteiger partial charge in [-0.2, -0.15) is 0 Å². The lowest BCUT2D eigenvalue weighted by Gasteiger charge is -2.18. The zero-order chi connectivity index (χ0) is 11.5. The summed E-state index contributed by atoms with van der Waals surface area (Å²) < 4.78 is 26.5. The van der Waals surface area contributed by atoms with Gasteiger partial charge in [0.15, 0.2) is 0 Å². The van der Waals surface area contributed by atoms with E-state index in [9.17, 15) is 8.42 Å². The van der Waals surface area contributed by atoms with E-state index < -0.39 is 15.3 Å². The number of nitrogens with two attached hydrogens (primary N) is 1. The van der Waals surface area contributed by atoms with Crippen LogP contribution in [0.1, 0.15) is 39.0 Å². The summed E-state index contributed by atoms with van der Waals surface area (Å²) in [7, 11) is -3.37. The summed E-state index contributed by atoms with van der Waals surface area (Å²) in [6.07, 6.45) is 4.46. The maximum absolute atomic E-state index is 11.9. The topological polar surface area (TPSA) is 72.2 Å².